The number of halogens is 4. The van der Waals surface area contributed by atoms with E-state index >= 15 is 0 Å². The number of sulfone groups is 2. The summed E-state index contributed by atoms with van der Waals surface area (Å²) in [6.07, 6.45) is 1.57. The Morgan fingerprint density at radius 1 is 0.712 bits per heavy atom. The summed E-state index contributed by atoms with van der Waals surface area (Å²) < 4.78 is 88.7. The first kappa shape index (κ1) is 39.8. The smallest absolute Gasteiger partial charge is 0.227 e. The molecular weight excluding hydrogens is 765 g/mol. The van der Waals surface area contributed by atoms with E-state index in [9.17, 15) is 35.2 Å². The predicted octanol–water partition coefficient (Wildman–Crippen LogP) is 4.44. The number of methoxy groups -OCH3 is 2. The van der Waals surface area contributed by atoms with Gasteiger partial charge in [0.2, 0.25) is 11.8 Å². The highest BCUT2D eigenvalue weighted by atomic mass is 35.5. The minimum absolute atomic E-state index is 0.0574. The molecule has 4 saturated carbocycles. The van der Waals surface area contributed by atoms with Gasteiger partial charge in [-0.15, -0.1) is 0 Å². The van der Waals surface area contributed by atoms with Gasteiger partial charge in [0.25, 0.3) is 0 Å². The second-order valence-corrected chi connectivity index (χ2v) is 18.8. The van der Waals surface area contributed by atoms with Gasteiger partial charge in [0.05, 0.1) is 66.5 Å². The molecule has 0 unspecified atom stereocenters. The number of nitrogens with one attached hydrogen (secondary N) is 2. The first-order valence-corrected chi connectivity index (χ1v) is 20.2. The van der Waals surface area contributed by atoms with Gasteiger partial charge in [0.1, 0.15) is 22.7 Å². The standard InChI is InChI=1S/2C17H18ClFN2O4S/c2*1-25-14-8-11(7-12(14)16(22)21-17(9-20)4-5-17)26(23,24)15-3-2-10(19)6-13(15)18/h2*2-3,6,11-12,14H,4-5,7-8H2,1H3,(H,21,22)/t2*11-,12-,14-/m10/s1. The van der Waals surface area contributed by atoms with Crippen LogP contribution in [-0.4, -0.2) is 76.7 Å². The Hall–Kier alpha value is -3.38. The molecule has 280 valence electrons. The fourth-order valence-electron chi connectivity index (χ4n) is 6.70. The molecule has 2 N–H and O–H groups in total. The number of rotatable bonds is 10. The fourth-order valence-corrected chi connectivity index (χ4v) is 11.4. The number of nitriles is 2. The molecule has 2 aromatic rings. The summed E-state index contributed by atoms with van der Waals surface area (Å²) in [4.78, 5) is 24.8. The number of hydrogen-bond donors (Lipinski definition) is 2. The zero-order valence-corrected chi connectivity index (χ0v) is 31.2. The Balaban J connectivity index is 0.000000201. The highest BCUT2D eigenvalue weighted by Gasteiger charge is 2.51. The van der Waals surface area contributed by atoms with E-state index in [1.807, 2.05) is 0 Å². The van der Waals surface area contributed by atoms with E-state index in [2.05, 4.69) is 22.8 Å². The van der Waals surface area contributed by atoms with E-state index in [1.54, 1.807) is 0 Å². The average Bonchev–Trinajstić information content (AvgIpc) is 3.94. The third-order valence-electron chi connectivity index (χ3n) is 10.1. The van der Waals surface area contributed by atoms with Crippen LogP contribution in [0.5, 0.6) is 0 Å². The molecule has 12 nitrogen and oxygen atoms in total. The minimum atomic E-state index is -3.85. The van der Waals surface area contributed by atoms with E-state index in [4.69, 9.17) is 43.2 Å². The number of carbonyl (C=O) groups excluding carboxylic acids is 2. The van der Waals surface area contributed by atoms with Crippen molar-refractivity contribution in [3.63, 3.8) is 0 Å². The van der Waals surface area contributed by atoms with Crippen LogP contribution in [0.3, 0.4) is 0 Å². The summed E-state index contributed by atoms with van der Waals surface area (Å²) in [6, 6.07) is 10.4. The van der Waals surface area contributed by atoms with Crippen LogP contribution in [0.25, 0.3) is 0 Å². The molecule has 52 heavy (non-hydrogen) atoms. The van der Waals surface area contributed by atoms with Crippen molar-refractivity contribution in [3.05, 3.63) is 58.1 Å². The summed E-state index contributed by atoms with van der Waals surface area (Å²) >= 11 is 11.8. The molecule has 4 aliphatic rings. The zero-order chi connectivity index (χ0) is 38.2. The summed E-state index contributed by atoms with van der Waals surface area (Å²) in [5.41, 5.74) is -1.65. The lowest BCUT2D eigenvalue weighted by Crippen LogP contribution is -2.42. The van der Waals surface area contributed by atoms with Gasteiger partial charge >= 0.3 is 0 Å². The van der Waals surface area contributed by atoms with Crippen molar-refractivity contribution in [3.8, 4) is 12.1 Å². The van der Waals surface area contributed by atoms with Crippen LogP contribution in [0, 0.1) is 46.1 Å². The lowest BCUT2D eigenvalue weighted by Gasteiger charge is -2.19. The Bertz CT molecular complexity index is 1900. The van der Waals surface area contributed by atoms with Gasteiger partial charge in [0, 0.05) is 14.2 Å². The van der Waals surface area contributed by atoms with Crippen LogP contribution in [0.4, 0.5) is 8.78 Å². The highest BCUT2D eigenvalue weighted by molar-refractivity contribution is 7.92. The largest absolute Gasteiger partial charge is 0.381 e. The van der Waals surface area contributed by atoms with Crippen LogP contribution in [0.2, 0.25) is 10.0 Å². The Labute approximate surface area is 310 Å². The lowest BCUT2D eigenvalue weighted by atomic mass is 10.0. The van der Waals surface area contributed by atoms with Gasteiger partial charge in [-0.25, -0.2) is 25.6 Å². The van der Waals surface area contributed by atoms with Gasteiger partial charge in [-0.1, -0.05) is 23.2 Å². The number of hydrogen-bond acceptors (Lipinski definition) is 10. The molecule has 2 aromatic carbocycles. The van der Waals surface area contributed by atoms with E-state index in [0.717, 1.165) is 36.4 Å². The van der Waals surface area contributed by atoms with Crippen molar-refractivity contribution in [2.24, 2.45) is 11.8 Å². The van der Waals surface area contributed by atoms with E-state index in [0.29, 0.717) is 25.7 Å². The van der Waals surface area contributed by atoms with Gasteiger partial charge in [0.15, 0.2) is 19.7 Å². The highest BCUT2D eigenvalue weighted by Crippen LogP contribution is 2.42. The molecule has 0 aromatic heterocycles. The molecule has 0 spiro atoms. The molecule has 0 aliphatic heterocycles. The molecule has 4 aliphatic carbocycles. The molecule has 0 heterocycles. The van der Waals surface area contributed by atoms with E-state index < -0.39 is 76.9 Å². The quantitative estimate of drug-likeness (QED) is 0.325. The fraction of sp³-hybridized carbons (Fsp3) is 0.529. The molecular formula is C34H36Cl2F2N4O8S2. The molecule has 6 rings (SSSR count). The SMILES string of the molecule is CO[C@@H]1C[C@H](S(=O)(=O)c2ccc(F)cc2Cl)C[C@H]1C(=O)NC1(C#N)CC1.CO[C@H]1C[C@@H](S(=O)(=O)c2ccc(F)cc2Cl)C[C@@H]1C(=O)NC1(C#N)CC1. The van der Waals surface area contributed by atoms with Gasteiger partial charge in [-0.3, -0.25) is 9.59 Å². The number of amides is 2. The average molecular weight is 802 g/mol. The number of carbonyl (C=O) groups is 2. The van der Waals surface area contributed by atoms with Crippen molar-refractivity contribution < 1.29 is 44.7 Å². The summed E-state index contributed by atoms with van der Waals surface area (Å²) in [5.74, 6) is -3.36. The molecule has 4 fully saturated rings. The Kier molecular flexibility index (Phi) is 11.6. The van der Waals surface area contributed by atoms with Crippen molar-refractivity contribution in [1.82, 2.24) is 10.6 Å². The molecule has 0 radical (unpaired) electrons. The number of benzene rings is 2. The Morgan fingerprint density at radius 2 is 1.06 bits per heavy atom. The van der Waals surface area contributed by atoms with Crippen molar-refractivity contribution in [1.29, 1.82) is 10.5 Å². The van der Waals surface area contributed by atoms with Crippen LogP contribution in [0.15, 0.2) is 46.2 Å². The zero-order valence-electron chi connectivity index (χ0n) is 28.1. The summed E-state index contributed by atoms with van der Waals surface area (Å²) in [5, 5.41) is 21.5. The van der Waals surface area contributed by atoms with Crippen molar-refractivity contribution in [2.75, 3.05) is 14.2 Å². The second kappa shape index (κ2) is 15.2. The topological polar surface area (TPSA) is 193 Å². The normalized spacial score (nSPS) is 26.9. The van der Waals surface area contributed by atoms with Crippen molar-refractivity contribution >= 4 is 54.7 Å². The number of nitrogens with zero attached hydrogens (tertiary/aromatic N) is 2. The second-order valence-electron chi connectivity index (χ2n) is 13.6. The van der Waals surface area contributed by atoms with E-state index in [-0.39, 0.29) is 57.3 Å². The molecule has 0 bridgehead atoms. The van der Waals surface area contributed by atoms with E-state index in [1.165, 1.54) is 14.2 Å². The third kappa shape index (κ3) is 8.22. The molecule has 6 atom stereocenters. The van der Waals surface area contributed by atoms with Crippen LogP contribution in [0.1, 0.15) is 51.4 Å². The van der Waals surface area contributed by atoms with Crippen LogP contribution in [-0.2, 0) is 38.7 Å². The van der Waals surface area contributed by atoms with Gasteiger partial charge in [-0.05, 0) is 87.8 Å². The number of ether oxygens (including phenoxy) is 2. The van der Waals surface area contributed by atoms with Crippen molar-refractivity contribution in [2.45, 2.75) is 94.9 Å². The summed E-state index contributed by atoms with van der Waals surface area (Å²) in [7, 11) is -4.87. The Morgan fingerprint density at radius 3 is 1.33 bits per heavy atom. The molecule has 2 amide bonds. The third-order valence-corrected chi connectivity index (χ3v) is 15.4. The maximum Gasteiger partial charge on any atom is 0.227 e. The first-order chi connectivity index (χ1) is 24.4. The maximum atomic E-state index is 13.2. The maximum absolute atomic E-state index is 13.2. The minimum Gasteiger partial charge on any atom is -0.381 e. The van der Waals surface area contributed by atoms with Crippen LogP contribution >= 0.6 is 23.2 Å². The molecule has 18 heteroatoms. The summed E-state index contributed by atoms with van der Waals surface area (Å²) in [6.45, 7) is 0. The predicted molar refractivity (Wildman–Crippen MR) is 183 cm³/mol. The lowest BCUT2D eigenvalue weighted by molar-refractivity contribution is -0.129. The van der Waals surface area contributed by atoms with Gasteiger partial charge in [-0.2, -0.15) is 10.5 Å². The van der Waals surface area contributed by atoms with Gasteiger partial charge < -0.3 is 20.1 Å². The molecule has 0 saturated heterocycles. The first-order valence-electron chi connectivity index (χ1n) is 16.3. The monoisotopic (exact) mass is 800 g/mol. The van der Waals surface area contributed by atoms with Crippen LogP contribution < -0.4 is 10.6 Å².